The molecule has 1 amide bonds. The molecule has 0 bridgehead atoms. The monoisotopic (exact) mass is 382 g/mol. The van der Waals surface area contributed by atoms with Crippen LogP contribution in [0.1, 0.15) is 24.4 Å². The van der Waals surface area contributed by atoms with Gasteiger partial charge in [-0.25, -0.2) is 9.89 Å². The van der Waals surface area contributed by atoms with Crippen molar-refractivity contribution in [2.45, 2.75) is 31.0 Å². The number of carbonyl (C=O) groups is 1. The molecule has 22 heavy (non-hydrogen) atoms. The van der Waals surface area contributed by atoms with Gasteiger partial charge in [-0.1, -0.05) is 27.7 Å². The second-order valence-corrected chi connectivity index (χ2v) is 7.01. The van der Waals surface area contributed by atoms with E-state index < -0.39 is 0 Å². The number of nitrogens with one attached hydrogen (secondary N) is 2. The molecule has 1 saturated carbocycles. The normalized spacial score (nSPS) is 14.1. The van der Waals surface area contributed by atoms with Gasteiger partial charge >= 0.3 is 5.69 Å². The van der Waals surface area contributed by atoms with Gasteiger partial charge in [0.2, 0.25) is 5.91 Å². The highest BCUT2D eigenvalue weighted by Crippen LogP contribution is 2.36. The molecule has 6 nitrogen and oxygen atoms in total. The first-order valence-electron chi connectivity index (χ1n) is 6.90. The Morgan fingerprint density at radius 1 is 1.55 bits per heavy atom. The number of rotatable bonds is 5. The van der Waals surface area contributed by atoms with Crippen molar-refractivity contribution in [1.82, 2.24) is 14.8 Å². The Morgan fingerprint density at radius 3 is 3.00 bits per heavy atom. The van der Waals surface area contributed by atoms with Crippen molar-refractivity contribution in [3.63, 3.8) is 0 Å². The van der Waals surface area contributed by atoms with E-state index >= 15 is 0 Å². The number of hydrogen-bond donors (Lipinski definition) is 2. The van der Waals surface area contributed by atoms with Crippen molar-refractivity contribution in [3.8, 4) is 0 Å². The van der Waals surface area contributed by atoms with E-state index in [0.29, 0.717) is 5.16 Å². The first-order chi connectivity index (χ1) is 10.5. The number of amides is 1. The number of thioether (sulfide) groups is 1. The summed E-state index contributed by atoms with van der Waals surface area (Å²) in [6.45, 7) is 1.96. The predicted molar refractivity (Wildman–Crippen MR) is 89.4 cm³/mol. The molecular formula is C14H15BrN4O2S. The Kier molecular flexibility index (Phi) is 4.39. The van der Waals surface area contributed by atoms with Gasteiger partial charge in [-0.15, -0.1) is 5.10 Å². The van der Waals surface area contributed by atoms with Crippen LogP contribution in [0.2, 0.25) is 0 Å². The topological polar surface area (TPSA) is 79.8 Å². The van der Waals surface area contributed by atoms with Gasteiger partial charge < -0.3 is 5.32 Å². The summed E-state index contributed by atoms with van der Waals surface area (Å²) in [6, 6.07) is 5.89. The van der Waals surface area contributed by atoms with Crippen molar-refractivity contribution in [2.24, 2.45) is 0 Å². The van der Waals surface area contributed by atoms with E-state index in [4.69, 9.17) is 0 Å². The van der Waals surface area contributed by atoms with E-state index in [0.717, 1.165) is 28.6 Å². The van der Waals surface area contributed by atoms with Crippen LogP contribution in [0.5, 0.6) is 0 Å². The summed E-state index contributed by atoms with van der Waals surface area (Å²) in [5, 5.41) is 9.85. The number of hydrogen-bond acceptors (Lipinski definition) is 4. The van der Waals surface area contributed by atoms with Crippen molar-refractivity contribution in [2.75, 3.05) is 11.1 Å². The number of aromatic nitrogens is 3. The van der Waals surface area contributed by atoms with Gasteiger partial charge in [0.1, 0.15) is 0 Å². The second kappa shape index (κ2) is 6.29. The van der Waals surface area contributed by atoms with E-state index in [2.05, 4.69) is 31.4 Å². The molecule has 116 valence electrons. The van der Waals surface area contributed by atoms with Gasteiger partial charge in [-0.05, 0) is 43.5 Å². The first-order valence-corrected chi connectivity index (χ1v) is 8.68. The van der Waals surface area contributed by atoms with Crippen LogP contribution in [0.3, 0.4) is 0 Å². The molecule has 3 rings (SSSR count). The van der Waals surface area contributed by atoms with Crippen molar-refractivity contribution >= 4 is 39.3 Å². The molecule has 2 N–H and O–H groups in total. The summed E-state index contributed by atoms with van der Waals surface area (Å²) in [6.07, 6.45) is 1.99. The molecule has 0 atom stereocenters. The van der Waals surface area contributed by atoms with Crippen LogP contribution < -0.4 is 11.0 Å². The number of aryl methyl sites for hydroxylation is 1. The fraction of sp³-hybridized carbons (Fsp3) is 0.357. The highest BCUT2D eigenvalue weighted by molar-refractivity contribution is 9.10. The largest absolute Gasteiger partial charge is 0.344 e. The Bertz CT molecular complexity index is 766. The molecule has 1 heterocycles. The summed E-state index contributed by atoms with van der Waals surface area (Å²) in [7, 11) is 0. The Labute approximate surface area is 139 Å². The number of aromatic amines is 1. The third-order valence-corrected chi connectivity index (χ3v) is 5.20. The Hall–Kier alpha value is -1.54. The zero-order valence-electron chi connectivity index (χ0n) is 11.9. The lowest BCUT2D eigenvalue weighted by Gasteiger charge is -2.07. The SMILES string of the molecule is Cc1cc(NC(=O)CSc2n[nH]c(=O)n2C2CC2)ccc1Br. The molecule has 0 radical (unpaired) electrons. The van der Waals surface area contributed by atoms with Gasteiger partial charge in [0.15, 0.2) is 5.16 Å². The molecule has 1 fully saturated rings. The average molecular weight is 383 g/mol. The van der Waals surface area contributed by atoms with E-state index in [9.17, 15) is 9.59 Å². The maximum absolute atomic E-state index is 12.0. The fourth-order valence-electron chi connectivity index (χ4n) is 2.10. The molecular weight excluding hydrogens is 368 g/mol. The van der Waals surface area contributed by atoms with Crippen LogP contribution in [0, 0.1) is 6.92 Å². The van der Waals surface area contributed by atoms with Crippen molar-refractivity contribution in [1.29, 1.82) is 0 Å². The maximum Gasteiger partial charge on any atom is 0.344 e. The zero-order valence-corrected chi connectivity index (χ0v) is 14.3. The number of anilines is 1. The van der Waals surface area contributed by atoms with Crippen LogP contribution in [0.15, 0.2) is 32.6 Å². The minimum Gasteiger partial charge on any atom is -0.325 e. The maximum atomic E-state index is 12.0. The summed E-state index contributed by atoms with van der Waals surface area (Å²) in [5.41, 5.74) is 1.61. The van der Waals surface area contributed by atoms with E-state index in [1.165, 1.54) is 11.8 Å². The summed E-state index contributed by atoms with van der Waals surface area (Å²) in [4.78, 5) is 23.7. The van der Waals surface area contributed by atoms with E-state index in [1.54, 1.807) is 4.57 Å². The van der Waals surface area contributed by atoms with Crippen LogP contribution in [0.4, 0.5) is 5.69 Å². The molecule has 0 unspecified atom stereocenters. The minimum atomic E-state index is -0.200. The summed E-state index contributed by atoms with van der Waals surface area (Å²) < 4.78 is 2.65. The molecule has 0 spiro atoms. The van der Waals surface area contributed by atoms with Gasteiger partial charge in [0, 0.05) is 16.2 Å². The van der Waals surface area contributed by atoms with Crippen LogP contribution in [-0.2, 0) is 4.79 Å². The number of nitrogens with zero attached hydrogens (tertiary/aromatic N) is 2. The Morgan fingerprint density at radius 2 is 2.32 bits per heavy atom. The predicted octanol–water partition coefficient (Wildman–Crippen LogP) is 2.71. The van der Waals surface area contributed by atoms with Crippen molar-refractivity contribution in [3.05, 3.63) is 38.7 Å². The first kappa shape index (κ1) is 15.4. The highest BCUT2D eigenvalue weighted by Gasteiger charge is 2.28. The average Bonchev–Trinajstić information content (AvgIpc) is 3.24. The van der Waals surface area contributed by atoms with E-state index in [-0.39, 0.29) is 23.4 Å². The van der Waals surface area contributed by atoms with Gasteiger partial charge in [0.25, 0.3) is 0 Å². The molecule has 0 aliphatic heterocycles. The van der Waals surface area contributed by atoms with Gasteiger partial charge in [0.05, 0.1) is 5.75 Å². The molecule has 0 saturated heterocycles. The number of halogens is 1. The third kappa shape index (κ3) is 3.44. The summed E-state index contributed by atoms with van der Waals surface area (Å²) >= 11 is 4.70. The van der Waals surface area contributed by atoms with Crippen molar-refractivity contribution < 1.29 is 4.79 Å². The molecule has 1 aliphatic carbocycles. The molecule has 1 aromatic heterocycles. The minimum absolute atomic E-state index is 0.121. The molecule has 1 aliphatic rings. The number of H-pyrrole nitrogens is 1. The number of carbonyl (C=O) groups excluding carboxylic acids is 1. The molecule has 1 aromatic carbocycles. The highest BCUT2D eigenvalue weighted by atomic mass is 79.9. The second-order valence-electron chi connectivity index (χ2n) is 5.21. The van der Waals surface area contributed by atoms with Gasteiger partial charge in [-0.3, -0.25) is 9.36 Å². The van der Waals surface area contributed by atoms with Gasteiger partial charge in [-0.2, -0.15) is 0 Å². The van der Waals surface area contributed by atoms with Crippen LogP contribution >= 0.6 is 27.7 Å². The molecule has 2 aromatic rings. The zero-order chi connectivity index (χ0) is 15.7. The Balaban J connectivity index is 1.60. The van der Waals surface area contributed by atoms with E-state index in [1.807, 2.05) is 25.1 Å². The lowest BCUT2D eigenvalue weighted by atomic mass is 10.2. The standard InChI is InChI=1S/C14H15BrN4O2S/c1-8-6-9(2-5-11(8)15)16-12(20)7-22-14-18-17-13(21)19(14)10-3-4-10/h2,5-6,10H,3-4,7H2,1H3,(H,16,20)(H,17,21). The van der Waals surface area contributed by atoms with Crippen LogP contribution in [-0.4, -0.2) is 26.4 Å². The lowest BCUT2D eigenvalue weighted by Crippen LogP contribution is -2.17. The smallest absolute Gasteiger partial charge is 0.325 e. The lowest BCUT2D eigenvalue weighted by molar-refractivity contribution is -0.113. The quantitative estimate of drug-likeness (QED) is 0.779. The fourth-order valence-corrected chi connectivity index (χ4v) is 3.16. The van der Waals surface area contributed by atoms with Crippen LogP contribution in [0.25, 0.3) is 0 Å². The molecule has 8 heteroatoms. The summed E-state index contributed by atoms with van der Waals surface area (Å²) in [5.74, 6) is 0.0936. The number of benzene rings is 1. The third-order valence-electron chi connectivity index (χ3n) is 3.36.